The van der Waals surface area contributed by atoms with Gasteiger partial charge < -0.3 is 27.1 Å². The molecule has 4 aromatic rings. The van der Waals surface area contributed by atoms with E-state index in [1.54, 1.807) is 14.2 Å². The molecule has 4 N–H and O–H groups in total. The van der Waals surface area contributed by atoms with Gasteiger partial charge in [-0.1, -0.05) is 98.3 Å². The number of phenolic OH excluding ortho intramolecular Hbond substituents is 2. The second-order valence-electron chi connectivity index (χ2n) is 12.7. The number of aryl methyl sites for hydroxylation is 2. The first-order chi connectivity index (χ1) is 24.1. The Morgan fingerprint density at radius 3 is 1.83 bits per heavy atom. The Morgan fingerprint density at radius 2 is 1.27 bits per heavy atom. The molecule has 8 nitrogen and oxygen atoms in total. The van der Waals surface area contributed by atoms with Gasteiger partial charge in [0.05, 0.1) is 14.2 Å². The van der Waals surface area contributed by atoms with Crippen molar-refractivity contribution in [3.8, 4) is 23.0 Å². The van der Waals surface area contributed by atoms with Crippen molar-refractivity contribution in [2.75, 3.05) is 14.2 Å². The molecule has 0 saturated carbocycles. The fourth-order valence-corrected chi connectivity index (χ4v) is 5.56. The number of ether oxygens (including phenoxy) is 2. The summed E-state index contributed by atoms with van der Waals surface area (Å²) in [4.78, 5) is 8.66. The van der Waals surface area contributed by atoms with Gasteiger partial charge in [-0.2, -0.15) is 0 Å². The van der Waals surface area contributed by atoms with Crippen LogP contribution in [0.2, 0.25) is 0 Å². The number of phenols is 2. The zero-order valence-electron chi connectivity index (χ0n) is 31.4. The van der Waals surface area contributed by atoms with E-state index in [2.05, 4.69) is 35.8 Å². The van der Waals surface area contributed by atoms with Crippen LogP contribution in [-0.2, 0) is 69.1 Å². The van der Waals surface area contributed by atoms with Crippen LogP contribution in [-0.4, -0.2) is 34.9 Å². The van der Waals surface area contributed by atoms with E-state index in [9.17, 15) is 10.2 Å². The van der Waals surface area contributed by atoms with Crippen LogP contribution < -0.4 is 9.47 Å². The number of rotatable bonds is 16. The molecular weight excluding hydrogens is 751 g/mol. The Balaban J connectivity index is 0.000000966. The fourth-order valence-electron chi connectivity index (χ4n) is 5.56. The van der Waals surface area contributed by atoms with E-state index in [1.807, 2.05) is 92.7 Å². The first-order valence-corrected chi connectivity index (χ1v) is 16.9. The van der Waals surface area contributed by atoms with Crippen molar-refractivity contribution in [2.45, 2.75) is 73.0 Å². The molecule has 0 bridgehead atoms. The van der Waals surface area contributed by atoms with E-state index in [0.717, 1.165) is 53.5 Å². The van der Waals surface area contributed by atoms with Gasteiger partial charge in [0.1, 0.15) is 36.2 Å². The minimum Gasteiger partial charge on any atom is -0.507 e. The molecule has 0 fully saturated rings. The summed E-state index contributed by atoms with van der Waals surface area (Å²) in [5, 5.41) is 39.3. The summed E-state index contributed by atoms with van der Waals surface area (Å²) in [6, 6.07) is 23.8. The van der Waals surface area contributed by atoms with Gasteiger partial charge in [0.2, 0.25) is 0 Å². The van der Waals surface area contributed by atoms with Gasteiger partial charge in [-0.25, -0.2) is 9.78 Å². The van der Waals surface area contributed by atoms with Crippen LogP contribution in [0.1, 0.15) is 80.1 Å². The molecule has 9 heteroatoms. The predicted molar refractivity (Wildman–Crippen MR) is 208 cm³/mol. The van der Waals surface area contributed by atoms with E-state index in [4.69, 9.17) is 20.0 Å². The standard InChI is InChI=1S/C21H28O4.C21H24O4.CH3.Pd.H2/c2*1-15(2)9-12-18-20(24-3)13-17(19(14-25-23)21(18)22)11-10-16-7-5-4-6-8-16;;;/h4-8,13,15,22-23H,9-12,14H2,1-3H3;4-11,13,22-23H,12,14H2,1-3H3;1H3;;1H/q;;-1;;/b;11-10+;;;. The fraction of sp³-hybridized carbons (Fsp3) is 0.326. The molecule has 4 rings (SSSR count). The number of hydrogen-bond acceptors (Lipinski definition) is 8. The van der Waals surface area contributed by atoms with E-state index in [0.29, 0.717) is 40.5 Å². The number of aromatic hydroxyl groups is 2. The molecule has 52 heavy (non-hydrogen) atoms. The largest absolute Gasteiger partial charge is 0.507 e. The van der Waals surface area contributed by atoms with Crippen LogP contribution in [0.4, 0.5) is 0 Å². The molecule has 0 atom stereocenters. The van der Waals surface area contributed by atoms with E-state index < -0.39 is 0 Å². The summed E-state index contributed by atoms with van der Waals surface area (Å²) in [5.74, 6) is 2.09. The number of methoxy groups -OCH3 is 2. The smallest absolute Gasteiger partial charge is 0.129 e. The molecule has 0 amide bonds. The van der Waals surface area contributed by atoms with Crippen molar-refractivity contribution < 1.29 is 61.8 Å². The first kappa shape index (κ1) is 46.1. The molecular formula is C43H57O8Pd-. The molecule has 0 heterocycles. The van der Waals surface area contributed by atoms with E-state index in [1.165, 1.54) is 5.56 Å². The van der Waals surface area contributed by atoms with Crippen molar-refractivity contribution in [3.63, 3.8) is 0 Å². The van der Waals surface area contributed by atoms with Crippen molar-refractivity contribution >= 4 is 12.2 Å². The quantitative estimate of drug-likeness (QED) is 0.0221. The average Bonchev–Trinajstić information content (AvgIpc) is 3.12. The molecule has 0 saturated heterocycles. The van der Waals surface area contributed by atoms with Gasteiger partial charge in [-0.3, -0.25) is 10.5 Å². The van der Waals surface area contributed by atoms with Crippen molar-refractivity contribution in [1.82, 2.24) is 0 Å². The van der Waals surface area contributed by atoms with E-state index >= 15 is 0 Å². The summed E-state index contributed by atoms with van der Waals surface area (Å²) in [6.07, 6.45) is 9.61. The molecule has 0 unspecified atom stereocenters. The topological polar surface area (TPSA) is 118 Å². The molecule has 0 aromatic heterocycles. The van der Waals surface area contributed by atoms with Crippen LogP contribution in [0, 0.1) is 13.3 Å². The maximum atomic E-state index is 10.8. The third-order valence-electron chi connectivity index (χ3n) is 8.39. The maximum Gasteiger partial charge on any atom is 0.129 e. The predicted octanol–water partition coefficient (Wildman–Crippen LogP) is 10.5. The Morgan fingerprint density at radius 1 is 0.712 bits per heavy atom. The minimum atomic E-state index is -0.105. The van der Waals surface area contributed by atoms with Crippen LogP contribution in [0.3, 0.4) is 0 Å². The van der Waals surface area contributed by atoms with Crippen molar-refractivity contribution in [1.29, 1.82) is 0 Å². The number of benzene rings is 4. The zero-order valence-corrected chi connectivity index (χ0v) is 33.0. The Labute approximate surface area is 325 Å². The Bertz CT molecular complexity index is 1690. The zero-order chi connectivity index (χ0) is 36.5. The van der Waals surface area contributed by atoms with Gasteiger partial charge >= 0.3 is 0 Å². The van der Waals surface area contributed by atoms with Gasteiger partial charge in [0, 0.05) is 44.1 Å². The van der Waals surface area contributed by atoms with E-state index in [-0.39, 0.29) is 54.0 Å². The molecule has 288 valence electrons. The van der Waals surface area contributed by atoms with Gasteiger partial charge in [0.25, 0.3) is 0 Å². The molecule has 4 aromatic carbocycles. The summed E-state index contributed by atoms with van der Waals surface area (Å²) < 4.78 is 11.0. The van der Waals surface area contributed by atoms with Gasteiger partial charge in [-0.05, 0) is 86.3 Å². The molecule has 0 spiro atoms. The van der Waals surface area contributed by atoms with Crippen LogP contribution in [0.5, 0.6) is 23.0 Å². The second kappa shape index (κ2) is 24.3. The third-order valence-corrected chi connectivity index (χ3v) is 8.39. The van der Waals surface area contributed by atoms with Gasteiger partial charge in [0.15, 0.2) is 0 Å². The normalized spacial score (nSPS) is 10.6. The second-order valence-corrected chi connectivity index (χ2v) is 12.7. The minimum absolute atomic E-state index is 0. The Kier molecular flexibility index (Phi) is 21.6. The van der Waals surface area contributed by atoms with Gasteiger partial charge in [-0.15, -0.1) is 0 Å². The summed E-state index contributed by atoms with van der Waals surface area (Å²) in [7, 11) is 3.20. The summed E-state index contributed by atoms with van der Waals surface area (Å²) >= 11 is 0. The van der Waals surface area contributed by atoms with Crippen molar-refractivity contribution in [2.24, 2.45) is 5.92 Å². The molecule has 0 aliphatic rings. The third kappa shape index (κ3) is 13.9. The molecule has 0 aliphatic heterocycles. The number of allylic oxidation sites excluding steroid dienone is 2. The number of hydrogen-bond donors (Lipinski definition) is 4. The molecule has 0 aliphatic carbocycles. The molecule has 0 radical (unpaired) electrons. The average molecular weight is 808 g/mol. The monoisotopic (exact) mass is 807 g/mol. The maximum absolute atomic E-state index is 10.8. The summed E-state index contributed by atoms with van der Waals surface area (Å²) in [6.45, 7) is 8.15. The van der Waals surface area contributed by atoms with Crippen LogP contribution in [0.15, 0.2) is 84.4 Å². The van der Waals surface area contributed by atoms with Crippen molar-refractivity contribution in [3.05, 3.63) is 136 Å². The Hall–Kier alpha value is -3.94. The van der Waals surface area contributed by atoms with Crippen LogP contribution in [0.25, 0.3) is 12.2 Å². The summed E-state index contributed by atoms with van der Waals surface area (Å²) in [5.41, 5.74) is 7.68. The first-order valence-electron chi connectivity index (χ1n) is 16.9. The SMILES string of the molecule is COc1cc(/C=C/c2ccccc2)c(COO)c(O)c1CC=C(C)C.COc1cc(CCc2ccccc2)c(COO)c(O)c1CCC(C)C.[CH3-].[HH].[Pd]. The van der Waals surface area contributed by atoms with Crippen LogP contribution >= 0.6 is 0 Å².